The van der Waals surface area contributed by atoms with Gasteiger partial charge in [-0.2, -0.15) is 8.42 Å². The van der Waals surface area contributed by atoms with Gasteiger partial charge in [-0.05, 0) is 12.1 Å². The second-order valence-corrected chi connectivity index (χ2v) is 5.74. The molecule has 0 bridgehead atoms. The van der Waals surface area contributed by atoms with Crippen molar-refractivity contribution in [3.05, 3.63) is 60.8 Å². The Labute approximate surface area is 116 Å². The van der Waals surface area contributed by atoms with E-state index in [1.165, 1.54) is 6.07 Å². The Morgan fingerprint density at radius 3 is 2.35 bits per heavy atom. The molecule has 0 aliphatic carbocycles. The van der Waals surface area contributed by atoms with Gasteiger partial charge in [0.05, 0.1) is 5.52 Å². The van der Waals surface area contributed by atoms with Gasteiger partial charge in [0.2, 0.25) is 0 Å². The van der Waals surface area contributed by atoms with E-state index < -0.39 is 10.1 Å². The Morgan fingerprint density at radius 2 is 1.55 bits per heavy atom. The Balaban J connectivity index is 2.38. The molecule has 0 saturated heterocycles. The number of nitrogens with zero attached hydrogens (tertiary/aromatic N) is 1. The third kappa shape index (κ3) is 2.17. The summed E-state index contributed by atoms with van der Waals surface area (Å²) in [6, 6.07) is 15.6. The van der Waals surface area contributed by atoms with Crippen LogP contribution in [0.25, 0.3) is 22.0 Å². The number of benzene rings is 2. The highest BCUT2D eigenvalue weighted by Crippen LogP contribution is 2.31. The van der Waals surface area contributed by atoms with Gasteiger partial charge in [0.15, 0.2) is 0 Å². The lowest BCUT2D eigenvalue weighted by Gasteiger charge is -2.09. The molecular formula is C15H11NO3S. The van der Waals surface area contributed by atoms with Gasteiger partial charge < -0.3 is 0 Å². The molecule has 3 aromatic rings. The highest BCUT2D eigenvalue weighted by Gasteiger charge is 2.17. The summed E-state index contributed by atoms with van der Waals surface area (Å²) >= 11 is 0. The molecule has 3 rings (SSSR count). The van der Waals surface area contributed by atoms with Crippen LogP contribution in [0.3, 0.4) is 0 Å². The molecule has 1 heterocycles. The molecule has 0 fully saturated rings. The summed E-state index contributed by atoms with van der Waals surface area (Å²) < 4.78 is 32.4. The molecule has 1 N–H and O–H groups in total. The average Bonchev–Trinajstić information content (AvgIpc) is 2.46. The maximum absolute atomic E-state index is 11.5. The minimum Gasteiger partial charge on any atom is -0.282 e. The highest BCUT2D eigenvalue weighted by molar-refractivity contribution is 7.86. The van der Waals surface area contributed by atoms with Crippen LogP contribution in [0.5, 0.6) is 0 Å². The number of para-hydroxylation sites is 1. The minimum absolute atomic E-state index is 0.113. The van der Waals surface area contributed by atoms with Crippen LogP contribution in [0.1, 0.15) is 0 Å². The zero-order valence-electron chi connectivity index (χ0n) is 10.4. The average molecular weight is 285 g/mol. The number of rotatable bonds is 2. The molecule has 0 atom stereocenters. The Morgan fingerprint density at radius 1 is 0.850 bits per heavy atom. The van der Waals surface area contributed by atoms with Crippen molar-refractivity contribution in [2.75, 3.05) is 0 Å². The van der Waals surface area contributed by atoms with E-state index in [4.69, 9.17) is 0 Å². The molecule has 4 nitrogen and oxygen atoms in total. The second kappa shape index (κ2) is 4.70. The summed E-state index contributed by atoms with van der Waals surface area (Å²) in [5.74, 6) is 0. The lowest BCUT2D eigenvalue weighted by molar-refractivity contribution is 0.483. The maximum atomic E-state index is 11.5. The van der Waals surface area contributed by atoms with Crippen LogP contribution in [-0.2, 0) is 10.1 Å². The lowest BCUT2D eigenvalue weighted by atomic mass is 10.0. The summed E-state index contributed by atoms with van der Waals surface area (Å²) in [4.78, 5) is 4.19. The van der Waals surface area contributed by atoms with E-state index >= 15 is 0 Å². The van der Waals surface area contributed by atoms with E-state index in [1.807, 2.05) is 24.3 Å². The number of pyridine rings is 1. The quantitative estimate of drug-likeness (QED) is 0.734. The van der Waals surface area contributed by atoms with Crippen molar-refractivity contribution in [2.24, 2.45) is 0 Å². The molecule has 0 spiro atoms. The van der Waals surface area contributed by atoms with Crippen molar-refractivity contribution in [3.63, 3.8) is 0 Å². The first-order valence-corrected chi connectivity index (χ1v) is 7.42. The van der Waals surface area contributed by atoms with Gasteiger partial charge in [0.25, 0.3) is 10.1 Å². The topological polar surface area (TPSA) is 67.3 Å². The molecule has 0 radical (unpaired) electrons. The van der Waals surface area contributed by atoms with E-state index in [9.17, 15) is 13.0 Å². The first-order valence-electron chi connectivity index (χ1n) is 5.98. The van der Waals surface area contributed by atoms with Gasteiger partial charge in [-0.15, -0.1) is 0 Å². The molecule has 20 heavy (non-hydrogen) atoms. The first-order chi connectivity index (χ1) is 9.57. The Kier molecular flexibility index (Phi) is 3.00. The van der Waals surface area contributed by atoms with Gasteiger partial charge in [0, 0.05) is 22.7 Å². The fourth-order valence-electron chi connectivity index (χ4n) is 2.24. The van der Waals surface area contributed by atoms with Crippen LogP contribution < -0.4 is 0 Å². The molecule has 5 heteroatoms. The molecular weight excluding hydrogens is 274 g/mol. The van der Waals surface area contributed by atoms with Crippen LogP contribution in [0.4, 0.5) is 0 Å². The number of aromatic nitrogens is 1. The van der Waals surface area contributed by atoms with Crippen LogP contribution in [-0.4, -0.2) is 18.0 Å². The van der Waals surface area contributed by atoms with Crippen molar-refractivity contribution in [1.82, 2.24) is 4.98 Å². The van der Waals surface area contributed by atoms with Gasteiger partial charge in [-0.3, -0.25) is 9.54 Å². The van der Waals surface area contributed by atoms with E-state index in [-0.39, 0.29) is 4.90 Å². The monoisotopic (exact) mass is 285 g/mol. The van der Waals surface area contributed by atoms with Gasteiger partial charge >= 0.3 is 0 Å². The molecule has 100 valence electrons. The van der Waals surface area contributed by atoms with Gasteiger partial charge in [-0.25, -0.2) is 0 Å². The molecule has 0 aliphatic heterocycles. The zero-order chi connectivity index (χ0) is 14.2. The van der Waals surface area contributed by atoms with Crippen LogP contribution in [0.2, 0.25) is 0 Å². The van der Waals surface area contributed by atoms with Gasteiger partial charge in [-0.1, -0.05) is 42.5 Å². The number of fused-ring (bicyclic) bond motifs is 1. The predicted molar refractivity (Wildman–Crippen MR) is 77.0 cm³/mol. The highest BCUT2D eigenvalue weighted by atomic mass is 32.2. The zero-order valence-corrected chi connectivity index (χ0v) is 11.2. The van der Waals surface area contributed by atoms with E-state index in [1.54, 1.807) is 30.5 Å². The fraction of sp³-hybridized carbons (Fsp3) is 0. The SMILES string of the molecule is O=S(=O)(O)c1ccccc1-c1cccc2cccnc12. The summed E-state index contributed by atoms with van der Waals surface area (Å²) in [6.07, 6.45) is 1.65. The summed E-state index contributed by atoms with van der Waals surface area (Å²) in [6.45, 7) is 0. The molecule has 0 aliphatic rings. The van der Waals surface area contributed by atoms with Crippen LogP contribution in [0.15, 0.2) is 65.7 Å². The standard InChI is InChI=1S/C15H11NO3S/c17-20(18,19)14-9-2-1-7-12(14)13-8-3-5-11-6-4-10-16-15(11)13/h1-10H,(H,17,18,19). The van der Waals surface area contributed by atoms with Crippen molar-refractivity contribution >= 4 is 21.0 Å². The molecule has 0 unspecified atom stereocenters. The third-order valence-corrected chi connectivity index (χ3v) is 4.00. The summed E-state index contributed by atoms with van der Waals surface area (Å²) in [5.41, 5.74) is 1.82. The largest absolute Gasteiger partial charge is 0.295 e. The van der Waals surface area contributed by atoms with Gasteiger partial charge in [0.1, 0.15) is 4.90 Å². The maximum Gasteiger partial charge on any atom is 0.295 e. The van der Waals surface area contributed by atoms with Crippen LogP contribution >= 0.6 is 0 Å². The van der Waals surface area contributed by atoms with E-state index in [2.05, 4.69) is 4.98 Å². The molecule has 1 aromatic heterocycles. The second-order valence-electron chi connectivity index (χ2n) is 4.35. The van der Waals surface area contributed by atoms with E-state index in [0.717, 1.165) is 5.39 Å². The first kappa shape index (κ1) is 12.8. The Hall–Kier alpha value is -2.24. The lowest BCUT2D eigenvalue weighted by Crippen LogP contribution is -2.00. The molecule has 0 amide bonds. The fourth-order valence-corrected chi connectivity index (χ4v) is 2.94. The summed E-state index contributed by atoms with van der Waals surface area (Å²) in [7, 11) is -4.28. The van der Waals surface area contributed by atoms with Crippen molar-refractivity contribution < 1.29 is 13.0 Å². The number of hydrogen-bond acceptors (Lipinski definition) is 3. The Bertz CT molecular complexity index is 883. The molecule has 0 saturated carbocycles. The minimum atomic E-state index is -4.28. The summed E-state index contributed by atoms with van der Waals surface area (Å²) in [5, 5.41) is 0.912. The van der Waals surface area contributed by atoms with Crippen LogP contribution in [0, 0.1) is 0 Å². The third-order valence-electron chi connectivity index (χ3n) is 3.09. The number of hydrogen-bond donors (Lipinski definition) is 1. The van der Waals surface area contributed by atoms with Crippen molar-refractivity contribution in [3.8, 4) is 11.1 Å². The molecule has 2 aromatic carbocycles. The van der Waals surface area contributed by atoms with Crippen molar-refractivity contribution in [2.45, 2.75) is 4.90 Å². The van der Waals surface area contributed by atoms with E-state index in [0.29, 0.717) is 16.6 Å². The predicted octanol–water partition coefficient (Wildman–Crippen LogP) is 3.15. The smallest absolute Gasteiger partial charge is 0.282 e. The normalized spacial score (nSPS) is 11.7. The van der Waals surface area contributed by atoms with Crippen molar-refractivity contribution in [1.29, 1.82) is 0 Å².